The monoisotopic (exact) mass is 325 g/mol. The molecule has 0 bridgehead atoms. The first-order chi connectivity index (χ1) is 9.93. The summed E-state index contributed by atoms with van der Waals surface area (Å²) < 4.78 is 26.3. The minimum atomic E-state index is -3.59. The third-order valence-corrected chi connectivity index (χ3v) is 5.16. The second-order valence-corrected chi connectivity index (χ2v) is 7.17. The van der Waals surface area contributed by atoms with Gasteiger partial charge in [0.25, 0.3) is 0 Å². The van der Waals surface area contributed by atoms with Crippen LogP contribution in [0.2, 0.25) is 5.02 Å². The molecule has 0 spiro atoms. The van der Waals surface area contributed by atoms with Crippen molar-refractivity contribution in [1.82, 2.24) is 4.31 Å². The van der Waals surface area contributed by atoms with E-state index < -0.39 is 10.0 Å². The smallest absolute Gasteiger partial charge is 0.243 e. The van der Waals surface area contributed by atoms with Crippen LogP contribution in [0.1, 0.15) is 11.1 Å². The molecule has 0 saturated carbocycles. The van der Waals surface area contributed by atoms with Crippen molar-refractivity contribution in [2.45, 2.75) is 18.0 Å². The molecule has 0 heterocycles. The fourth-order valence-corrected chi connectivity index (χ4v) is 3.27. The number of rotatable bonds is 5. The SMILES string of the molecule is CN(Cc1ccc(Cl)cc1)S(=O)(=O)c1cccc(CO)c1. The Kier molecular flexibility index (Phi) is 5.00. The predicted molar refractivity (Wildman–Crippen MR) is 82.5 cm³/mol. The molecule has 0 atom stereocenters. The van der Waals surface area contributed by atoms with E-state index in [1.165, 1.54) is 23.5 Å². The minimum Gasteiger partial charge on any atom is -0.392 e. The van der Waals surface area contributed by atoms with Gasteiger partial charge in [0.1, 0.15) is 0 Å². The van der Waals surface area contributed by atoms with Crippen LogP contribution in [-0.4, -0.2) is 24.9 Å². The maximum atomic E-state index is 12.5. The largest absolute Gasteiger partial charge is 0.392 e. The lowest BCUT2D eigenvalue weighted by molar-refractivity contribution is 0.281. The number of hydrogen-bond acceptors (Lipinski definition) is 3. The minimum absolute atomic E-state index is 0.172. The lowest BCUT2D eigenvalue weighted by atomic mass is 10.2. The van der Waals surface area contributed by atoms with E-state index in [0.29, 0.717) is 10.6 Å². The molecule has 4 nitrogen and oxygen atoms in total. The first kappa shape index (κ1) is 16.0. The average Bonchev–Trinajstić information content (AvgIpc) is 2.49. The van der Waals surface area contributed by atoms with Crippen molar-refractivity contribution in [3.63, 3.8) is 0 Å². The van der Waals surface area contributed by atoms with Crippen molar-refractivity contribution in [2.24, 2.45) is 0 Å². The van der Waals surface area contributed by atoms with Crippen LogP contribution in [0, 0.1) is 0 Å². The van der Waals surface area contributed by atoms with Gasteiger partial charge >= 0.3 is 0 Å². The first-order valence-electron chi connectivity index (χ1n) is 6.34. The summed E-state index contributed by atoms with van der Waals surface area (Å²) in [6.07, 6.45) is 0. The molecule has 0 saturated heterocycles. The third kappa shape index (κ3) is 3.83. The molecule has 0 aliphatic heterocycles. The van der Waals surface area contributed by atoms with Gasteiger partial charge in [-0.2, -0.15) is 4.31 Å². The highest BCUT2D eigenvalue weighted by Crippen LogP contribution is 2.19. The van der Waals surface area contributed by atoms with E-state index in [4.69, 9.17) is 16.7 Å². The fraction of sp³-hybridized carbons (Fsp3) is 0.200. The molecule has 0 fully saturated rings. The number of hydrogen-bond donors (Lipinski definition) is 1. The van der Waals surface area contributed by atoms with Crippen LogP contribution in [0.15, 0.2) is 53.4 Å². The number of sulfonamides is 1. The zero-order valence-electron chi connectivity index (χ0n) is 11.5. The predicted octanol–water partition coefficient (Wildman–Crippen LogP) is 2.65. The van der Waals surface area contributed by atoms with E-state index in [-0.39, 0.29) is 18.0 Å². The van der Waals surface area contributed by atoms with E-state index in [9.17, 15) is 8.42 Å². The van der Waals surface area contributed by atoms with E-state index in [1.807, 2.05) is 0 Å². The maximum absolute atomic E-state index is 12.5. The lowest BCUT2D eigenvalue weighted by Crippen LogP contribution is -2.26. The van der Waals surface area contributed by atoms with Gasteiger partial charge in [-0.15, -0.1) is 0 Å². The van der Waals surface area contributed by atoms with Crippen LogP contribution >= 0.6 is 11.6 Å². The van der Waals surface area contributed by atoms with Crippen LogP contribution in [0.3, 0.4) is 0 Å². The molecule has 1 N–H and O–H groups in total. The third-order valence-electron chi connectivity index (χ3n) is 3.11. The van der Waals surface area contributed by atoms with Gasteiger partial charge in [-0.05, 0) is 35.4 Å². The quantitative estimate of drug-likeness (QED) is 0.919. The summed E-state index contributed by atoms with van der Waals surface area (Å²) in [6.45, 7) is 0.0626. The van der Waals surface area contributed by atoms with Crippen molar-refractivity contribution in [3.05, 3.63) is 64.7 Å². The topological polar surface area (TPSA) is 57.6 Å². The van der Waals surface area contributed by atoms with Gasteiger partial charge < -0.3 is 5.11 Å². The Morgan fingerprint density at radius 3 is 2.38 bits per heavy atom. The summed E-state index contributed by atoms with van der Waals surface area (Å²) >= 11 is 5.81. The molecule has 0 radical (unpaired) electrons. The normalized spacial score (nSPS) is 11.8. The van der Waals surface area contributed by atoms with Crippen LogP contribution in [0.5, 0.6) is 0 Å². The van der Waals surface area contributed by atoms with Gasteiger partial charge in [0, 0.05) is 18.6 Å². The summed E-state index contributed by atoms with van der Waals surface area (Å²) in [5.41, 5.74) is 1.42. The summed E-state index contributed by atoms with van der Waals surface area (Å²) in [5, 5.41) is 9.72. The highest BCUT2D eigenvalue weighted by atomic mass is 35.5. The second-order valence-electron chi connectivity index (χ2n) is 4.69. The van der Waals surface area contributed by atoms with Gasteiger partial charge in [0.05, 0.1) is 11.5 Å². The number of aliphatic hydroxyl groups excluding tert-OH is 1. The summed E-state index contributed by atoms with van der Waals surface area (Å²) in [7, 11) is -2.07. The molecule has 0 aliphatic carbocycles. The van der Waals surface area contributed by atoms with Crippen LogP contribution < -0.4 is 0 Å². The van der Waals surface area contributed by atoms with Crippen LogP contribution in [-0.2, 0) is 23.2 Å². The van der Waals surface area contributed by atoms with Crippen molar-refractivity contribution < 1.29 is 13.5 Å². The van der Waals surface area contributed by atoms with E-state index in [0.717, 1.165) is 5.56 Å². The lowest BCUT2D eigenvalue weighted by Gasteiger charge is -2.17. The van der Waals surface area contributed by atoms with Crippen LogP contribution in [0.25, 0.3) is 0 Å². The van der Waals surface area contributed by atoms with Gasteiger partial charge in [0.2, 0.25) is 10.0 Å². The zero-order valence-corrected chi connectivity index (χ0v) is 13.1. The second kappa shape index (κ2) is 6.58. The molecule has 21 heavy (non-hydrogen) atoms. The Hall–Kier alpha value is -1.40. The molecule has 2 aromatic carbocycles. The summed E-state index contributed by atoms with van der Waals surface area (Å²) in [6, 6.07) is 13.3. The number of nitrogens with zero attached hydrogens (tertiary/aromatic N) is 1. The Morgan fingerprint density at radius 1 is 1.10 bits per heavy atom. The average molecular weight is 326 g/mol. The summed E-state index contributed by atoms with van der Waals surface area (Å²) in [5.74, 6) is 0. The summed E-state index contributed by atoms with van der Waals surface area (Å²) in [4.78, 5) is 0.172. The van der Waals surface area contributed by atoms with Gasteiger partial charge in [0.15, 0.2) is 0 Å². The zero-order chi connectivity index (χ0) is 15.5. The highest BCUT2D eigenvalue weighted by molar-refractivity contribution is 7.89. The molecule has 112 valence electrons. The Morgan fingerprint density at radius 2 is 1.76 bits per heavy atom. The fourth-order valence-electron chi connectivity index (χ4n) is 1.92. The Balaban J connectivity index is 2.23. The van der Waals surface area contributed by atoms with Crippen molar-refractivity contribution in [2.75, 3.05) is 7.05 Å². The Labute approximate surface area is 129 Å². The van der Waals surface area contributed by atoms with Gasteiger partial charge in [-0.3, -0.25) is 0 Å². The maximum Gasteiger partial charge on any atom is 0.243 e. The van der Waals surface area contributed by atoms with Crippen molar-refractivity contribution in [1.29, 1.82) is 0 Å². The molecule has 2 rings (SSSR count). The number of halogens is 1. The number of benzene rings is 2. The van der Waals surface area contributed by atoms with Crippen molar-refractivity contribution >= 4 is 21.6 Å². The standard InChI is InChI=1S/C15H16ClNO3S/c1-17(10-12-5-7-14(16)8-6-12)21(19,20)15-4-2-3-13(9-15)11-18/h2-9,18H,10-11H2,1H3. The molecule has 6 heteroatoms. The van der Waals surface area contributed by atoms with E-state index in [1.54, 1.807) is 36.4 Å². The highest BCUT2D eigenvalue weighted by Gasteiger charge is 2.21. The molecular formula is C15H16ClNO3S. The van der Waals surface area contributed by atoms with Gasteiger partial charge in [-0.25, -0.2) is 8.42 Å². The first-order valence-corrected chi connectivity index (χ1v) is 8.16. The van der Waals surface area contributed by atoms with E-state index in [2.05, 4.69) is 0 Å². The molecule has 0 aromatic heterocycles. The van der Waals surface area contributed by atoms with E-state index >= 15 is 0 Å². The molecule has 0 amide bonds. The van der Waals surface area contributed by atoms with Crippen LogP contribution in [0.4, 0.5) is 0 Å². The molecule has 0 aliphatic rings. The molecular weight excluding hydrogens is 310 g/mol. The number of aliphatic hydroxyl groups is 1. The molecule has 2 aromatic rings. The molecule has 0 unspecified atom stereocenters. The Bertz CT molecular complexity index is 714. The van der Waals surface area contributed by atoms with Crippen molar-refractivity contribution in [3.8, 4) is 0 Å². The van der Waals surface area contributed by atoms with Gasteiger partial charge in [-0.1, -0.05) is 35.9 Å².